The number of amides is 3. The third-order valence-corrected chi connectivity index (χ3v) is 13.9. The number of rotatable bonds is 11. The monoisotopic (exact) mass is 884 g/mol. The van der Waals surface area contributed by atoms with Gasteiger partial charge in [-0.1, -0.05) is 18.2 Å². The summed E-state index contributed by atoms with van der Waals surface area (Å²) in [5.74, 6) is -0.508. The van der Waals surface area contributed by atoms with Crippen LogP contribution < -0.4 is 16.3 Å². The largest absolute Gasteiger partial charge is 0.433 e. The Morgan fingerprint density at radius 2 is 1.67 bits per heavy atom. The molecule has 3 N–H and O–H groups in total. The van der Waals surface area contributed by atoms with Gasteiger partial charge in [0.2, 0.25) is 11.8 Å². The van der Waals surface area contributed by atoms with E-state index in [4.69, 9.17) is 9.84 Å². The van der Waals surface area contributed by atoms with Gasteiger partial charge in [0.25, 0.3) is 5.91 Å². The van der Waals surface area contributed by atoms with Crippen molar-refractivity contribution in [1.82, 2.24) is 34.1 Å². The first kappa shape index (κ1) is 43.8. The molecule has 3 aromatic heterocycles. The number of pyridine rings is 1. The number of imidazole rings is 1. The fourth-order valence-corrected chi connectivity index (χ4v) is 10.4. The number of benzene rings is 2. The molecule has 2 aliphatic heterocycles. The number of imide groups is 1. The lowest BCUT2D eigenvalue weighted by molar-refractivity contribution is -0.141. The van der Waals surface area contributed by atoms with Crippen molar-refractivity contribution >= 4 is 45.3 Å². The number of fused-ring (bicyclic) bond motifs is 2. The molecular weight excluding hydrogens is 830 g/mol. The van der Waals surface area contributed by atoms with Crippen LogP contribution in [0.15, 0.2) is 59.5 Å². The quantitative estimate of drug-likeness (QED) is 0.121. The molecule has 0 spiro atoms. The number of hydrogen-bond donors (Lipinski definition) is 3. The van der Waals surface area contributed by atoms with Crippen LogP contribution in [-0.4, -0.2) is 83.5 Å². The summed E-state index contributed by atoms with van der Waals surface area (Å²) >= 11 is 0. The number of para-hydroxylation sites is 1. The smallest absolute Gasteiger partial charge is 0.386 e. The predicted octanol–water partition coefficient (Wildman–Crippen LogP) is 6.79. The lowest BCUT2D eigenvalue weighted by Gasteiger charge is -2.41. The topological polar surface area (TPSA) is 166 Å². The van der Waals surface area contributed by atoms with Crippen LogP contribution in [0.2, 0.25) is 0 Å². The zero-order valence-electron chi connectivity index (χ0n) is 36.4. The number of aromatic nitrogens is 5. The average Bonchev–Trinajstić information content (AvgIpc) is 3.77. The molecule has 4 fully saturated rings. The van der Waals surface area contributed by atoms with Crippen LogP contribution in [0, 0.1) is 11.8 Å². The maximum Gasteiger partial charge on any atom is 0.433 e. The van der Waals surface area contributed by atoms with Gasteiger partial charge in [-0.15, -0.1) is 0 Å². The van der Waals surface area contributed by atoms with Crippen molar-refractivity contribution in [2.24, 2.45) is 18.9 Å². The Hall–Kier alpha value is -5.39. The molecule has 0 radical (unpaired) electrons. The van der Waals surface area contributed by atoms with Crippen LogP contribution in [0.5, 0.6) is 0 Å². The molecule has 0 bridgehead atoms. The summed E-state index contributed by atoms with van der Waals surface area (Å²) in [5, 5.41) is 21.7. The lowest BCUT2D eigenvalue weighted by Crippen LogP contribution is -2.44. The first-order valence-corrected chi connectivity index (χ1v) is 22.5. The van der Waals surface area contributed by atoms with Crippen molar-refractivity contribution in [2.45, 2.75) is 121 Å². The molecule has 1 atom stereocenters. The molecule has 340 valence electrons. The van der Waals surface area contributed by atoms with E-state index in [9.17, 15) is 37.5 Å². The van der Waals surface area contributed by atoms with Crippen LogP contribution in [0.3, 0.4) is 0 Å². The molecule has 9 rings (SSSR count). The molecule has 17 heteroatoms. The minimum absolute atomic E-state index is 0.200. The second kappa shape index (κ2) is 17.2. The SMILES string of the molecule is Cn1c(=O)n(C2CCC(=O)NC2=O)c2cccc(C[C@H]3C[C@H](OC4CCN(C[C@H]5CC[C@H](n6cc7cc(NC(=O)c8cccc(C(F)(F)F)n8)c(C(C)(C)O)cc7n6)CC5)CC4)C3)c21. The number of aliphatic hydroxyl groups is 1. The summed E-state index contributed by atoms with van der Waals surface area (Å²) in [7, 11) is 1.75. The average molecular weight is 885 g/mol. The van der Waals surface area contributed by atoms with Crippen LogP contribution in [0.1, 0.15) is 117 Å². The van der Waals surface area contributed by atoms with Crippen LogP contribution in [0.4, 0.5) is 18.9 Å². The summed E-state index contributed by atoms with van der Waals surface area (Å²) in [5.41, 5.74) is 0.814. The Morgan fingerprint density at radius 3 is 2.38 bits per heavy atom. The lowest BCUT2D eigenvalue weighted by atomic mass is 9.78. The third kappa shape index (κ3) is 8.98. The van der Waals surface area contributed by atoms with E-state index in [2.05, 4.69) is 26.6 Å². The number of hydrogen-bond acceptors (Lipinski definition) is 9. The summed E-state index contributed by atoms with van der Waals surface area (Å²) in [6.45, 7) is 6.24. The minimum atomic E-state index is -4.69. The van der Waals surface area contributed by atoms with Gasteiger partial charge in [0.1, 0.15) is 17.4 Å². The van der Waals surface area contributed by atoms with Gasteiger partial charge in [-0.3, -0.25) is 33.5 Å². The maximum absolute atomic E-state index is 13.4. The van der Waals surface area contributed by atoms with E-state index < -0.39 is 35.3 Å². The Labute approximate surface area is 368 Å². The predicted molar refractivity (Wildman–Crippen MR) is 233 cm³/mol. The van der Waals surface area contributed by atoms with Crippen LogP contribution in [-0.2, 0) is 39.6 Å². The van der Waals surface area contributed by atoms with Gasteiger partial charge in [0.15, 0.2) is 0 Å². The molecule has 3 amide bonds. The number of aryl methyl sites for hydroxylation is 1. The van der Waals surface area contributed by atoms with Crippen molar-refractivity contribution < 1.29 is 37.4 Å². The number of piperidine rings is 2. The summed E-state index contributed by atoms with van der Waals surface area (Å²) in [4.78, 5) is 56.9. The Bertz CT molecular complexity index is 2640. The molecule has 2 saturated carbocycles. The van der Waals surface area contributed by atoms with E-state index in [1.807, 2.05) is 23.0 Å². The second-order valence-electron chi connectivity index (χ2n) is 18.9. The highest BCUT2D eigenvalue weighted by atomic mass is 19.4. The number of nitrogens with zero attached hydrogens (tertiary/aromatic N) is 6. The van der Waals surface area contributed by atoms with Crippen molar-refractivity contribution in [1.29, 1.82) is 0 Å². The molecule has 2 aliphatic carbocycles. The number of carbonyl (C=O) groups is 3. The van der Waals surface area contributed by atoms with Gasteiger partial charge in [-0.05, 0) is 126 Å². The fraction of sp³-hybridized carbons (Fsp3) is 0.532. The highest BCUT2D eigenvalue weighted by Crippen LogP contribution is 2.39. The van der Waals surface area contributed by atoms with E-state index in [0.29, 0.717) is 29.3 Å². The van der Waals surface area contributed by atoms with Gasteiger partial charge in [-0.2, -0.15) is 18.3 Å². The van der Waals surface area contributed by atoms with Gasteiger partial charge in [0, 0.05) is 55.9 Å². The van der Waals surface area contributed by atoms with E-state index >= 15 is 0 Å². The third-order valence-electron chi connectivity index (χ3n) is 13.9. The molecule has 1 unspecified atom stereocenters. The van der Waals surface area contributed by atoms with Gasteiger partial charge in [0.05, 0.1) is 40.4 Å². The first-order valence-electron chi connectivity index (χ1n) is 22.5. The Morgan fingerprint density at radius 1 is 0.938 bits per heavy atom. The van der Waals surface area contributed by atoms with E-state index in [-0.39, 0.29) is 47.6 Å². The molecular formula is C47H55F3N8O6. The van der Waals surface area contributed by atoms with E-state index in [1.165, 1.54) is 6.07 Å². The zero-order valence-corrected chi connectivity index (χ0v) is 36.4. The summed E-state index contributed by atoms with van der Waals surface area (Å²) in [6.07, 6.45) is 7.16. The summed E-state index contributed by atoms with van der Waals surface area (Å²) in [6, 6.07) is 12.0. The number of carbonyl (C=O) groups excluding carboxylic acids is 3. The maximum atomic E-state index is 13.4. The molecule has 4 aliphatic rings. The highest BCUT2D eigenvalue weighted by molar-refractivity contribution is 6.04. The minimum Gasteiger partial charge on any atom is -0.386 e. The highest BCUT2D eigenvalue weighted by Gasteiger charge is 2.37. The number of ether oxygens (including phenoxy) is 1. The van der Waals surface area contributed by atoms with Crippen molar-refractivity contribution in [3.63, 3.8) is 0 Å². The molecule has 2 saturated heterocycles. The molecule has 5 aromatic rings. The number of likely N-dealkylation sites (tertiary alicyclic amines) is 1. The molecule has 64 heavy (non-hydrogen) atoms. The van der Waals surface area contributed by atoms with Crippen molar-refractivity contribution in [3.8, 4) is 0 Å². The number of halogens is 3. The van der Waals surface area contributed by atoms with E-state index in [1.54, 1.807) is 42.2 Å². The van der Waals surface area contributed by atoms with Crippen molar-refractivity contribution in [3.05, 3.63) is 87.7 Å². The first-order chi connectivity index (χ1) is 30.5. The van der Waals surface area contributed by atoms with Crippen LogP contribution in [0.25, 0.3) is 21.9 Å². The Kier molecular flexibility index (Phi) is 11.8. The van der Waals surface area contributed by atoms with Gasteiger partial charge in [-0.25, -0.2) is 9.78 Å². The normalized spacial score (nSPS) is 24.0. The van der Waals surface area contributed by atoms with E-state index in [0.717, 1.165) is 112 Å². The number of alkyl halides is 3. The molecule has 14 nitrogen and oxygen atoms in total. The number of nitrogens with one attached hydrogen (secondary N) is 2. The fourth-order valence-electron chi connectivity index (χ4n) is 10.4. The standard InChI is InChI=1S/C47H55F3N8O6/c1-46(2,63)34-24-36-30(23-37(34)52-43(60)35-7-5-9-40(51-35)47(48,49)50)26-57(54-36)31-12-10-27(11-13-31)25-56-18-16-32(17-19-56)64-33-21-28(22-33)20-29-6-4-8-38-42(29)55(3)45(62)58(38)39-14-15-41(59)53-44(39)61/h4-9,23-24,26-28,31-33,39,63H,10-22,25H2,1-3H3,(H,52,60)(H,53,59,61)/t27-,28-,31-,33-,39?. The van der Waals surface area contributed by atoms with Gasteiger partial charge < -0.3 is 20.1 Å². The zero-order chi connectivity index (χ0) is 45.1. The molecule has 5 heterocycles. The van der Waals surface area contributed by atoms with Crippen molar-refractivity contribution in [2.75, 3.05) is 25.0 Å². The Balaban J connectivity index is 0.739. The second-order valence-corrected chi connectivity index (χ2v) is 18.9. The number of anilines is 1. The molecule has 2 aromatic carbocycles. The van der Waals surface area contributed by atoms with Gasteiger partial charge >= 0.3 is 11.9 Å². The van der Waals surface area contributed by atoms with Crippen LogP contribution >= 0.6 is 0 Å². The summed E-state index contributed by atoms with van der Waals surface area (Å²) < 4.78 is 51.6.